The van der Waals surface area contributed by atoms with E-state index in [0.29, 0.717) is 0 Å². The Kier molecular flexibility index (Phi) is 1.86. The number of nitrogens with two attached hydrogens (primary N) is 1. The third-order valence-electron chi connectivity index (χ3n) is 2.94. The first-order valence-electron chi connectivity index (χ1n) is 5.22. The Morgan fingerprint density at radius 2 is 2.25 bits per heavy atom. The van der Waals surface area contributed by atoms with Crippen molar-refractivity contribution in [3.05, 3.63) is 53.0 Å². The largest absolute Gasteiger partial charge is 0.472 e. The summed E-state index contributed by atoms with van der Waals surface area (Å²) in [5.41, 5.74) is 12.3. The molecular formula is C13H12N2O. The number of aryl methyl sites for hydroxylation is 1. The summed E-state index contributed by atoms with van der Waals surface area (Å²) in [6.45, 7) is 2.81. The molecule has 0 fully saturated rings. The Balaban J connectivity index is 2.17. The van der Waals surface area contributed by atoms with Crippen molar-refractivity contribution in [2.24, 2.45) is 4.99 Å². The molecule has 0 saturated heterocycles. The summed E-state index contributed by atoms with van der Waals surface area (Å²) >= 11 is 0. The highest BCUT2D eigenvalue weighted by Crippen LogP contribution is 2.28. The second-order valence-electron chi connectivity index (χ2n) is 4.04. The Morgan fingerprint density at radius 3 is 3.00 bits per heavy atom. The molecular weight excluding hydrogens is 200 g/mol. The van der Waals surface area contributed by atoms with E-state index in [1.165, 1.54) is 11.1 Å². The number of aliphatic imine (C=N–C) groups is 1. The number of anilines is 1. The average molecular weight is 212 g/mol. The number of hydrogen-bond acceptors (Lipinski definition) is 3. The van der Waals surface area contributed by atoms with Gasteiger partial charge in [-0.25, -0.2) is 0 Å². The van der Waals surface area contributed by atoms with Crippen LogP contribution in [0.5, 0.6) is 0 Å². The first-order valence-corrected chi connectivity index (χ1v) is 5.22. The van der Waals surface area contributed by atoms with Crippen LogP contribution < -0.4 is 5.73 Å². The molecule has 1 aliphatic rings. The molecule has 1 aromatic heterocycles. The summed E-state index contributed by atoms with van der Waals surface area (Å²) in [4.78, 5) is 4.55. The minimum absolute atomic E-state index is 0.738. The quantitative estimate of drug-likeness (QED) is 0.738. The van der Waals surface area contributed by atoms with E-state index in [9.17, 15) is 0 Å². The Labute approximate surface area is 93.6 Å². The van der Waals surface area contributed by atoms with E-state index >= 15 is 0 Å². The van der Waals surface area contributed by atoms with Gasteiger partial charge < -0.3 is 10.2 Å². The van der Waals surface area contributed by atoms with Crippen molar-refractivity contribution < 1.29 is 4.42 Å². The Bertz CT molecular complexity index is 568. The lowest BCUT2D eigenvalue weighted by Gasteiger charge is -2.06. The smallest absolute Gasteiger partial charge is 0.0996 e. The van der Waals surface area contributed by atoms with Gasteiger partial charge in [-0.05, 0) is 36.2 Å². The lowest BCUT2D eigenvalue weighted by molar-refractivity contribution is 0.567. The molecule has 2 heterocycles. The van der Waals surface area contributed by atoms with Crippen LogP contribution in [0.15, 0.2) is 40.1 Å². The lowest BCUT2D eigenvalue weighted by atomic mass is 9.98. The maximum atomic E-state index is 5.87. The molecule has 3 heteroatoms. The zero-order chi connectivity index (χ0) is 11.1. The Morgan fingerprint density at radius 1 is 1.38 bits per heavy atom. The highest BCUT2D eigenvalue weighted by atomic mass is 16.3. The van der Waals surface area contributed by atoms with E-state index in [4.69, 9.17) is 10.2 Å². The van der Waals surface area contributed by atoms with Crippen LogP contribution in [0.1, 0.15) is 22.3 Å². The molecule has 1 aliphatic heterocycles. The van der Waals surface area contributed by atoms with Gasteiger partial charge in [-0.1, -0.05) is 0 Å². The first-order chi connectivity index (χ1) is 7.75. The maximum Gasteiger partial charge on any atom is 0.0996 e. The van der Waals surface area contributed by atoms with Gasteiger partial charge in [0.15, 0.2) is 0 Å². The normalized spacial score (nSPS) is 13.7. The third kappa shape index (κ3) is 1.25. The number of nitrogens with zero attached hydrogens (tertiary/aromatic N) is 1. The fraction of sp³-hybridized carbons (Fsp3) is 0.154. The van der Waals surface area contributed by atoms with Crippen molar-refractivity contribution in [1.82, 2.24) is 0 Å². The highest BCUT2D eigenvalue weighted by molar-refractivity contribution is 6.15. The van der Waals surface area contributed by atoms with Crippen LogP contribution in [-0.4, -0.2) is 5.71 Å². The topological polar surface area (TPSA) is 51.5 Å². The van der Waals surface area contributed by atoms with E-state index in [1.54, 1.807) is 12.5 Å². The van der Waals surface area contributed by atoms with E-state index in [2.05, 4.69) is 11.9 Å². The fourth-order valence-corrected chi connectivity index (χ4v) is 2.16. The van der Waals surface area contributed by atoms with Crippen molar-refractivity contribution in [2.75, 3.05) is 5.73 Å². The number of fused-ring (bicyclic) bond motifs is 1. The predicted molar refractivity (Wildman–Crippen MR) is 63.6 cm³/mol. The molecule has 0 unspecified atom stereocenters. The average Bonchev–Trinajstić information content (AvgIpc) is 2.83. The van der Waals surface area contributed by atoms with Gasteiger partial charge in [0.05, 0.1) is 24.8 Å². The summed E-state index contributed by atoms with van der Waals surface area (Å²) in [6, 6.07) is 5.90. The van der Waals surface area contributed by atoms with Gasteiger partial charge >= 0.3 is 0 Å². The van der Waals surface area contributed by atoms with Crippen LogP contribution in [0.25, 0.3) is 0 Å². The highest BCUT2D eigenvalue weighted by Gasteiger charge is 2.20. The van der Waals surface area contributed by atoms with Crippen molar-refractivity contribution in [3.63, 3.8) is 0 Å². The summed E-state index contributed by atoms with van der Waals surface area (Å²) < 4.78 is 5.09. The number of rotatable bonds is 1. The van der Waals surface area contributed by atoms with Gasteiger partial charge in [0.25, 0.3) is 0 Å². The standard InChI is InChI=1S/C13H12N2O/c1-8-4-10(14)5-11-12(8)6-15-13(11)9-2-3-16-7-9/h2-5,7H,6,14H2,1H3. The first kappa shape index (κ1) is 9.21. The molecule has 3 nitrogen and oxygen atoms in total. The molecule has 0 bridgehead atoms. The van der Waals surface area contributed by atoms with Crippen LogP contribution in [-0.2, 0) is 6.54 Å². The van der Waals surface area contributed by atoms with Gasteiger partial charge in [0.2, 0.25) is 0 Å². The van der Waals surface area contributed by atoms with Gasteiger partial charge in [0.1, 0.15) is 0 Å². The fourth-order valence-electron chi connectivity index (χ4n) is 2.16. The van der Waals surface area contributed by atoms with Crippen LogP contribution in [0.2, 0.25) is 0 Å². The third-order valence-corrected chi connectivity index (χ3v) is 2.94. The van der Waals surface area contributed by atoms with Gasteiger partial charge in [-0.2, -0.15) is 0 Å². The SMILES string of the molecule is Cc1cc(N)cc2c1CN=C2c1ccoc1. The molecule has 80 valence electrons. The molecule has 0 radical (unpaired) electrons. The molecule has 0 aliphatic carbocycles. The van der Waals surface area contributed by atoms with Crippen molar-refractivity contribution in [3.8, 4) is 0 Å². The van der Waals surface area contributed by atoms with Gasteiger partial charge in [-0.3, -0.25) is 4.99 Å². The molecule has 3 rings (SSSR count). The second kappa shape index (κ2) is 3.23. The summed E-state index contributed by atoms with van der Waals surface area (Å²) in [5.74, 6) is 0. The van der Waals surface area contributed by atoms with E-state index in [1.807, 2.05) is 18.2 Å². The monoisotopic (exact) mass is 212 g/mol. The van der Waals surface area contributed by atoms with Crippen LogP contribution >= 0.6 is 0 Å². The molecule has 1 aromatic carbocycles. The molecule has 16 heavy (non-hydrogen) atoms. The van der Waals surface area contributed by atoms with Crippen LogP contribution in [0.4, 0.5) is 5.69 Å². The summed E-state index contributed by atoms with van der Waals surface area (Å²) in [7, 11) is 0. The molecule has 2 aromatic rings. The Hall–Kier alpha value is -2.03. The molecule has 0 atom stereocenters. The molecule has 2 N–H and O–H groups in total. The summed E-state index contributed by atoms with van der Waals surface area (Å²) in [5, 5.41) is 0. The minimum Gasteiger partial charge on any atom is -0.472 e. The maximum absolute atomic E-state index is 5.87. The minimum atomic E-state index is 0.738. The molecule has 0 saturated carbocycles. The van der Waals surface area contributed by atoms with Crippen LogP contribution in [0.3, 0.4) is 0 Å². The zero-order valence-electron chi connectivity index (χ0n) is 9.03. The number of hydrogen-bond donors (Lipinski definition) is 1. The number of nitrogen functional groups attached to an aromatic ring is 1. The van der Waals surface area contributed by atoms with E-state index in [-0.39, 0.29) is 0 Å². The van der Waals surface area contributed by atoms with E-state index in [0.717, 1.165) is 29.1 Å². The lowest BCUT2D eigenvalue weighted by Crippen LogP contribution is -2.01. The van der Waals surface area contributed by atoms with Gasteiger partial charge in [0, 0.05) is 16.8 Å². The van der Waals surface area contributed by atoms with Crippen molar-refractivity contribution in [1.29, 1.82) is 0 Å². The van der Waals surface area contributed by atoms with Crippen molar-refractivity contribution >= 4 is 11.4 Å². The zero-order valence-corrected chi connectivity index (χ0v) is 9.03. The predicted octanol–water partition coefficient (Wildman–Crippen LogP) is 2.52. The molecule has 0 amide bonds. The van der Waals surface area contributed by atoms with Crippen LogP contribution in [0, 0.1) is 6.92 Å². The van der Waals surface area contributed by atoms with Gasteiger partial charge in [-0.15, -0.1) is 0 Å². The molecule has 0 spiro atoms. The second-order valence-corrected chi connectivity index (χ2v) is 4.04. The number of furan rings is 1. The number of benzene rings is 1. The summed E-state index contributed by atoms with van der Waals surface area (Å²) in [6.07, 6.45) is 3.38. The van der Waals surface area contributed by atoms with Crippen molar-refractivity contribution in [2.45, 2.75) is 13.5 Å². The van der Waals surface area contributed by atoms with E-state index < -0.39 is 0 Å².